The number of benzene rings is 1. The Morgan fingerprint density at radius 3 is 2.61 bits per heavy atom. The Hall–Kier alpha value is -1.32. The summed E-state index contributed by atoms with van der Waals surface area (Å²) in [5, 5.41) is 1.14. The predicted octanol–water partition coefficient (Wildman–Crippen LogP) is 3.68. The molecule has 0 bridgehead atoms. The Labute approximate surface area is 108 Å². The van der Waals surface area contributed by atoms with Crippen molar-refractivity contribution in [1.82, 2.24) is 5.43 Å². The van der Waals surface area contributed by atoms with Crippen LogP contribution in [-0.2, 0) is 0 Å². The number of aryl methyl sites for hydroxylation is 1. The molecule has 1 unspecified atom stereocenters. The second-order valence-corrected chi connectivity index (χ2v) is 6.17. The molecule has 2 aromatic rings. The molecule has 0 fully saturated rings. The Morgan fingerprint density at radius 1 is 1.28 bits per heavy atom. The first kappa shape index (κ1) is 13.1. The first-order valence-corrected chi connectivity index (χ1v) is 6.35. The van der Waals surface area contributed by atoms with Crippen molar-refractivity contribution in [3.63, 3.8) is 0 Å². The highest BCUT2D eigenvalue weighted by molar-refractivity contribution is 5.78. The molecular formula is C15H22N2O. The first-order valence-electron chi connectivity index (χ1n) is 6.35. The Morgan fingerprint density at radius 2 is 2.00 bits per heavy atom. The zero-order valence-corrected chi connectivity index (χ0v) is 11.6. The largest absolute Gasteiger partial charge is 0.459 e. The fraction of sp³-hybridized carbons (Fsp3) is 0.467. The number of nitrogens with two attached hydrogens (primary N) is 1. The van der Waals surface area contributed by atoms with Gasteiger partial charge >= 0.3 is 0 Å². The number of nitrogens with one attached hydrogen (secondary N) is 1. The van der Waals surface area contributed by atoms with Crippen LogP contribution in [0.2, 0.25) is 0 Å². The maximum absolute atomic E-state index is 5.88. The van der Waals surface area contributed by atoms with E-state index in [1.807, 2.05) is 6.07 Å². The van der Waals surface area contributed by atoms with Crippen molar-refractivity contribution in [2.24, 2.45) is 11.3 Å². The molecule has 0 aliphatic heterocycles. The van der Waals surface area contributed by atoms with Crippen LogP contribution in [0, 0.1) is 12.3 Å². The Kier molecular flexibility index (Phi) is 3.46. The smallest absolute Gasteiger partial charge is 0.134 e. The zero-order valence-electron chi connectivity index (χ0n) is 11.6. The minimum absolute atomic E-state index is 0.0534. The minimum Gasteiger partial charge on any atom is -0.459 e. The van der Waals surface area contributed by atoms with E-state index in [9.17, 15) is 0 Å². The molecule has 0 radical (unpaired) electrons. The van der Waals surface area contributed by atoms with E-state index in [1.54, 1.807) is 0 Å². The number of hydrogen-bond acceptors (Lipinski definition) is 3. The molecule has 0 aliphatic rings. The quantitative estimate of drug-likeness (QED) is 0.641. The molecule has 18 heavy (non-hydrogen) atoms. The molecule has 0 saturated heterocycles. The van der Waals surface area contributed by atoms with E-state index >= 15 is 0 Å². The van der Waals surface area contributed by atoms with E-state index in [4.69, 9.17) is 10.3 Å². The molecular weight excluding hydrogens is 224 g/mol. The van der Waals surface area contributed by atoms with Crippen LogP contribution in [0.4, 0.5) is 0 Å². The van der Waals surface area contributed by atoms with Crippen molar-refractivity contribution in [3.8, 4) is 0 Å². The van der Waals surface area contributed by atoms with E-state index < -0.39 is 0 Å². The van der Waals surface area contributed by atoms with E-state index in [2.05, 4.69) is 51.3 Å². The number of hydrogen-bond donors (Lipinski definition) is 2. The summed E-state index contributed by atoms with van der Waals surface area (Å²) in [5.74, 6) is 6.56. The van der Waals surface area contributed by atoms with Gasteiger partial charge in [-0.3, -0.25) is 5.84 Å². The highest BCUT2D eigenvalue weighted by Crippen LogP contribution is 2.32. The van der Waals surface area contributed by atoms with Gasteiger partial charge < -0.3 is 4.42 Å². The van der Waals surface area contributed by atoms with Gasteiger partial charge in [0.15, 0.2) is 0 Å². The molecule has 1 aromatic carbocycles. The summed E-state index contributed by atoms with van der Waals surface area (Å²) in [5.41, 5.74) is 5.22. The van der Waals surface area contributed by atoms with Gasteiger partial charge in [0.2, 0.25) is 0 Å². The maximum Gasteiger partial charge on any atom is 0.134 e. The average Bonchev–Trinajstić information content (AvgIpc) is 2.67. The van der Waals surface area contributed by atoms with Crippen molar-refractivity contribution >= 4 is 11.0 Å². The Balaban J connectivity index is 2.34. The molecule has 1 heterocycles. The number of rotatable bonds is 3. The minimum atomic E-state index is 0.0534. The zero-order chi connectivity index (χ0) is 13.3. The van der Waals surface area contributed by atoms with E-state index in [1.165, 1.54) is 5.56 Å². The molecule has 1 aromatic heterocycles. The fourth-order valence-corrected chi connectivity index (χ4v) is 2.21. The lowest BCUT2D eigenvalue weighted by molar-refractivity contribution is 0.289. The van der Waals surface area contributed by atoms with Crippen molar-refractivity contribution in [2.75, 3.05) is 0 Å². The summed E-state index contributed by atoms with van der Waals surface area (Å²) in [7, 11) is 0. The van der Waals surface area contributed by atoms with E-state index in [-0.39, 0.29) is 11.5 Å². The maximum atomic E-state index is 5.88. The molecule has 1 atom stereocenters. The summed E-state index contributed by atoms with van der Waals surface area (Å²) in [4.78, 5) is 0. The molecule has 3 nitrogen and oxygen atoms in total. The first-order chi connectivity index (χ1) is 8.39. The highest BCUT2D eigenvalue weighted by Gasteiger charge is 2.22. The van der Waals surface area contributed by atoms with Gasteiger partial charge in [-0.15, -0.1) is 0 Å². The number of furan rings is 1. The third kappa shape index (κ3) is 2.92. The summed E-state index contributed by atoms with van der Waals surface area (Å²) in [6.07, 6.45) is 0.933. The fourth-order valence-electron chi connectivity index (χ4n) is 2.21. The average molecular weight is 246 g/mol. The lowest BCUT2D eigenvalue weighted by atomic mass is 9.87. The van der Waals surface area contributed by atoms with Crippen molar-refractivity contribution in [1.29, 1.82) is 0 Å². The van der Waals surface area contributed by atoms with Gasteiger partial charge in [0, 0.05) is 5.39 Å². The SMILES string of the molecule is Cc1ccc2oc(C(CC(C)(C)C)NN)cc2c1. The highest BCUT2D eigenvalue weighted by atomic mass is 16.3. The third-order valence-electron chi connectivity index (χ3n) is 3.05. The lowest BCUT2D eigenvalue weighted by Crippen LogP contribution is -2.30. The van der Waals surface area contributed by atoms with Crippen molar-refractivity contribution in [3.05, 3.63) is 35.6 Å². The summed E-state index contributed by atoms with van der Waals surface area (Å²) >= 11 is 0. The standard InChI is InChI=1S/C15H22N2O/c1-10-5-6-13-11(7-10)8-14(18-13)12(17-16)9-15(2,3)4/h5-8,12,17H,9,16H2,1-4H3. The topological polar surface area (TPSA) is 51.2 Å². The third-order valence-corrected chi connectivity index (χ3v) is 3.05. The predicted molar refractivity (Wildman–Crippen MR) is 75.1 cm³/mol. The second-order valence-electron chi connectivity index (χ2n) is 6.17. The van der Waals surface area contributed by atoms with Crippen LogP contribution in [0.25, 0.3) is 11.0 Å². The number of fused-ring (bicyclic) bond motifs is 1. The van der Waals surface area contributed by atoms with Crippen LogP contribution in [0.3, 0.4) is 0 Å². The summed E-state index contributed by atoms with van der Waals surface area (Å²) in [6, 6.07) is 8.34. The van der Waals surface area contributed by atoms with Crippen LogP contribution in [0.5, 0.6) is 0 Å². The molecule has 0 saturated carbocycles. The van der Waals surface area contributed by atoms with Crippen LogP contribution in [0.15, 0.2) is 28.7 Å². The van der Waals surface area contributed by atoms with Gasteiger partial charge in [-0.05, 0) is 37.0 Å². The van der Waals surface area contributed by atoms with Crippen molar-refractivity contribution < 1.29 is 4.42 Å². The summed E-state index contributed by atoms with van der Waals surface area (Å²) < 4.78 is 5.88. The van der Waals surface area contributed by atoms with Gasteiger partial charge in [0.1, 0.15) is 11.3 Å². The van der Waals surface area contributed by atoms with Gasteiger partial charge in [0.25, 0.3) is 0 Å². The van der Waals surface area contributed by atoms with Crippen LogP contribution in [0.1, 0.15) is 44.6 Å². The van der Waals surface area contributed by atoms with Crippen LogP contribution >= 0.6 is 0 Å². The van der Waals surface area contributed by atoms with Crippen molar-refractivity contribution in [2.45, 2.75) is 40.2 Å². The second kappa shape index (κ2) is 4.75. The molecule has 0 aliphatic carbocycles. The monoisotopic (exact) mass is 246 g/mol. The van der Waals surface area contributed by atoms with Crippen LogP contribution in [-0.4, -0.2) is 0 Å². The molecule has 3 N–H and O–H groups in total. The molecule has 2 rings (SSSR count). The summed E-state index contributed by atoms with van der Waals surface area (Å²) in [6.45, 7) is 8.68. The Bertz CT molecular complexity index is 537. The lowest BCUT2D eigenvalue weighted by Gasteiger charge is -2.23. The van der Waals surface area contributed by atoms with E-state index in [0.29, 0.717) is 0 Å². The molecule has 0 spiro atoms. The molecule has 0 amide bonds. The van der Waals surface area contributed by atoms with E-state index in [0.717, 1.165) is 23.2 Å². The van der Waals surface area contributed by atoms with Gasteiger partial charge in [-0.1, -0.05) is 32.4 Å². The van der Waals surface area contributed by atoms with Gasteiger partial charge in [-0.25, -0.2) is 5.43 Å². The van der Waals surface area contributed by atoms with Gasteiger partial charge in [-0.2, -0.15) is 0 Å². The van der Waals surface area contributed by atoms with Gasteiger partial charge in [0.05, 0.1) is 6.04 Å². The van der Waals surface area contributed by atoms with Crippen LogP contribution < -0.4 is 11.3 Å². The molecule has 3 heteroatoms. The normalized spacial score (nSPS) is 14.1. The molecule has 98 valence electrons. The number of hydrazine groups is 1.